The first-order valence-corrected chi connectivity index (χ1v) is 12.7. The van der Waals surface area contributed by atoms with Gasteiger partial charge in [0.1, 0.15) is 6.04 Å². The average Bonchev–Trinajstić information content (AvgIpc) is 3.28. The van der Waals surface area contributed by atoms with Crippen molar-refractivity contribution in [2.45, 2.75) is 63.6 Å². The molecule has 178 valence electrons. The summed E-state index contributed by atoms with van der Waals surface area (Å²) in [5.74, 6) is 0.578. The van der Waals surface area contributed by atoms with Crippen LogP contribution in [0.15, 0.2) is 66.3 Å². The molecule has 0 bridgehead atoms. The van der Waals surface area contributed by atoms with E-state index < -0.39 is 6.04 Å². The SMILES string of the molecule is C[C@@H](N[C@H]1CCC[C@H](C2C=CC(C(=O)N[C@@H]3CCOC3=O)=CC2)C1)c1cccc2ccccc12. The highest BCUT2D eigenvalue weighted by Crippen LogP contribution is 2.36. The summed E-state index contributed by atoms with van der Waals surface area (Å²) in [6.45, 7) is 2.66. The molecule has 1 saturated heterocycles. The molecule has 5 heteroatoms. The molecule has 5 atom stereocenters. The predicted molar refractivity (Wildman–Crippen MR) is 134 cm³/mol. The Hall–Kier alpha value is -2.92. The fourth-order valence-electron chi connectivity index (χ4n) is 5.86. The standard InChI is InChI=1S/C29H34N2O3/c1-19(25-11-5-7-21-6-2-3-10-26(21)25)30-24-9-4-8-23(18-24)20-12-14-22(15-13-20)28(32)31-27-16-17-34-29(27)33/h2-3,5-7,10-12,14-15,19-20,23-24,27,30H,4,8-9,13,16-18H2,1H3,(H,31,32)/t19-,20?,23+,24+,27-/m1/s1. The van der Waals surface area contributed by atoms with Gasteiger partial charge in [-0.25, -0.2) is 4.79 Å². The molecule has 1 saturated carbocycles. The lowest BCUT2D eigenvalue weighted by atomic mass is 9.74. The van der Waals surface area contributed by atoms with Gasteiger partial charge >= 0.3 is 5.97 Å². The molecule has 2 aromatic carbocycles. The minimum absolute atomic E-state index is 0.175. The van der Waals surface area contributed by atoms with Crippen LogP contribution < -0.4 is 10.6 Å². The first kappa shape index (κ1) is 22.9. The zero-order valence-corrected chi connectivity index (χ0v) is 19.8. The summed E-state index contributed by atoms with van der Waals surface area (Å²) in [4.78, 5) is 24.2. The fourth-order valence-corrected chi connectivity index (χ4v) is 5.86. The number of nitrogens with one attached hydrogen (secondary N) is 2. The first-order chi connectivity index (χ1) is 16.6. The molecule has 3 aliphatic rings. The maximum absolute atomic E-state index is 12.5. The lowest BCUT2D eigenvalue weighted by Gasteiger charge is -2.36. The summed E-state index contributed by atoms with van der Waals surface area (Å²) in [7, 11) is 0. The smallest absolute Gasteiger partial charge is 0.328 e. The van der Waals surface area contributed by atoms with E-state index in [1.807, 2.05) is 12.2 Å². The highest BCUT2D eigenvalue weighted by Gasteiger charge is 2.31. The molecule has 1 amide bonds. The van der Waals surface area contributed by atoms with Gasteiger partial charge in [-0.05, 0) is 60.8 Å². The quantitative estimate of drug-likeness (QED) is 0.599. The number of amides is 1. The number of ether oxygens (including phenoxy) is 1. The Morgan fingerprint density at radius 1 is 1.09 bits per heavy atom. The maximum Gasteiger partial charge on any atom is 0.328 e. The van der Waals surface area contributed by atoms with E-state index in [-0.39, 0.29) is 11.9 Å². The summed E-state index contributed by atoms with van der Waals surface area (Å²) < 4.78 is 4.94. The Morgan fingerprint density at radius 3 is 2.74 bits per heavy atom. The molecule has 2 aromatic rings. The van der Waals surface area contributed by atoms with Gasteiger partial charge in [0, 0.05) is 24.1 Å². The molecule has 1 aliphatic heterocycles. The van der Waals surface area contributed by atoms with Crippen LogP contribution in [0.1, 0.15) is 57.1 Å². The molecule has 5 nitrogen and oxygen atoms in total. The minimum Gasteiger partial charge on any atom is -0.464 e. The van der Waals surface area contributed by atoms with E-state index in [1.165, 1.54) is 35.6 Å². The molecule has 0 radical (unpaired) electrons. The fraction of sp³-hybridized carbons (Fsp3) is 0.448. The monoisotopic (exact) mass is 458 g/mol. The molecule has 2 fully saturated rings. The van der Waals surface area contributed by atoms with E-state index in [1.54, 1.807) is 0 Å². The molecule has 2 N–H and O–H groups in total. The van der Waals surface area contributed by atoms with Crippen LogP contribution in [0, 0.1) is 11.8 Å². The number of cyclic esters (lactones) is 1. The number of benzene rings is 2. The highest BCUT2D eigenvalue weighted by atomic mass is 16.5. The number of rotatable bonds is 6. The number of carbonyl (C=O) groups is 2. The third kappa shape index (κ3) is 4.95. The first-order valence-electron chi connectivity index (χ1n) is 12.7. The second-order valence-corrected chi connectivity index (χ2v) is 9.98. The van der Waals surface area contributed by atoms with Crippen molar-refractivity contribution in [3.8, 4) is 0 Å². The van der Waals surface area contributed by atoms with E-state index in [0.29, 0.717) is 42.5 Å². The van der Waals surface area contributed by atoms with Gasteiger partial charge in [0.15, 0.2) is 0 Å². The zero-order chi connectivity index (χ0) is 23.5. The summed E-state index contributed by atoms with van der Waals surface area (Å²) >= 11 is 0. The van der Waals surface area contributed by atoms with Crippen LogP contribution in [0.2, 0.25) is 0 Å². The van der Waals surface area contributed by atoms with Crippen molar-refractivity contribution in [2.24, 2.45) is 11.8 Å². The van der Waals surface area contributed by atoms with Gasteiger partial charge in [0.05, 0.1) is 6.61 Å². The molecule has 34 heavy (non-hydrogen) atoms. The number of hydrogen-bond acceptors (Lipinski definition) is 4. The van der Waals surface area contributed by atoms with Crippen LogP contribution in [0.3, 0.4) is 0 Å². The number of carbonyl (C=O) groups excluding carboxylic acids is 2. The third-order valence-electron chi connectivity index (χ3n) is 7.73. The maximum atomic E-state index is 12.5. The second-order valence-electron chi connectivity index (χ2n) is 9.98. The summed E-state index contributed by atoms with van der Waals surface area (Å²) in [5.41, 5.74) is 2.02. The normalized spacial score (nSPS) is 27.8. The Balaban J connectivity index is 1.17. The molecular weight excluding hydrogens is 424 g/mol. The summed E-state index contributed by atoms with van der Waals surface area (Å²) in [6, 6.07) is 15.5. The van der Waals surface area contributed by atoms with E-state index in [4.69, 9.17) is 4.74 Å². The van der Waals surface area contributed by atoms with Crippen molar-refractivity contribution in [2.75, 3.05) is 6.61 Å². The van der Waals surface area contributed by atoms with Gasteiger partial charge < -0.3 is 15.4 Å². The number of esters is 1. The van der Waals surface area contributed by atoms with E-state index >= 15 is 0 Å². The minimum atomic E-state index is -0.506. The Kier molecular flexibility index (Phi) is 6.82. The van der Waals surface area contributed by atoms with Crippen LogP contribution in [-0.4, -0.2) is 30.6 Å². The third-order valence-corrected chi connectivity index (χ3v) is 7.73. The van der Waals surface area contributed by atoms with Crippen LogP contribution in [0.4, 0.5) is 0 Å². The van der Waals surface area contributed by atoms with Gasteiger partial charge in [0.25, 0.3) is 5.91 Å². The molecule has 1 heterocycles. The Bertz CT molecular complexity index is 1120. The van der Waals surface area contributed by atoms with Crippen LogP contribution in [-0.2, 0) is 14.3 Å². The number of fused-ring (bicyclic) bond motifs is 1. The van der Waals surface area contributed by atoms with Crippen LogP contribution >= 0.6 is 0 Å². The van der Waals surface area contributed by atoms with Crippen molar-refractivity contribution in [3.63, 3.8) is 0 Å². The molecule has 2 aliphatic carbocycles. The van der Waals surface area contributed by atoms with Crippen molar-refractivity contribution in [1.29, 1.82) is 0 Å². The van der Waals surface area contributed by atoms with Gasteiger partial charge in [0.2, 0.25) is 0 Å². The number of hydrogen-bond donors (Lipinski definition) is 2. The number of allylic oxidation sites excluding steroid dienone is 2. The molecule has 1 unspecified atom stereocenters. The summed E-state index contributed by atoms with van der Waals surface area (Å²) in [6.07, 6.45) is 12.5. The zero-order valence-electron chi connectivity index (χ0n) is 19.8. The lowest BCUT2D eigenvalue weighted by Crippen LogP contribution is -2.39. The van der Waals surface area contributed by atoms with E-state index in [9.17, 15) is 9.59 Å². The topological polar surface area (TPSA) is 67.4 Å². The van der Waals surface area contributed by atoms with E-state index in [0.717, 1.165) is 12.8 Å². The van der Waals surface area contributed by atoms with Crippen molar-refractivity contribution >= 4 is 22.6 Å². The largest absolute Gasteiger partial charge is 0.464 e. The van der Waals surface area contributed by atoms with Crippen LogP contribution in [0.25, 0.3) is 10.8 Å². The van der Waals surface area contributed by atoms with Gasteiger partial charge in [-0.1, -0.05) is 67.1 Å². The van der Waals surface area contributed by atoms with Crippen molar-refractivity contribution < 1.29 is 14.3 Å². The second kappa shape index (κ2) is 10.1. The summed E-state index contributed by atoms with van der Waals surface area (Å²) in [5, 5.41) is 9.35. The lowest BCUT2D eigenvalue weighted by molar-refractivity contribution is -0.141. The molecule has 5 rings (SSSR count). The Morgan fingerprint density at radius 2 is 1.94 bits per heavy atom. The van der Waals surface area contributed by atoms with E-state index in [2.05, 4.69) is 66.1 Å². The molecule has 0 aromatic heterocycles. The van der Waals surface area contributed by atoms with Crippen LogP contribution in [0.5, 0.6) is 0 Å². The molecule has 0 spiro atoms. The van der Waals surface area contributed by atoms with Gasteiger partial charge in [-0.3, -0.25) is 4.79 Å². The van der Waals surface area contributed by atoms with Gasteiger partial charge in [-0.2, -0.15) is 0 Å². The van der Waals surface area contributed by atoms with Crippen molar-refractivity contribution in [3.05, 3.63) is 71.8 Å². The average molecular weight is 459 g/mol. The van der Waals surface area contributed by atoms with Crippen molar-refractivity contribution in [1.82, 2.24) is 10.6 Å². The predicted octanol–water partition coefficient (Wildman–Crippen LogP) is 4.98. The molecular formula is C29H34N2O3. The van der Waals surface area contributed by atoms with Gasteiger partial charge in [-0.15, -0.1) is 0 Å². The highest BCUT2D eigenvalue weighted by molar-refractivity contribution is 5.98. The Labute approximate surface area is 201 Å².